The molecule has 0 unspecified atom stereocenters. The number of rotatable bonds is 4. The molecule has 134 valence electrons. The summed E-state index contributed by atoms with van der Waals surface area (Å²) in [4.78, 5) is 39.6. The van der Waals surface area contributed by atoms with Gasteiger partial charge in [-0.05, 0) is 33.3 Å². The van der Waals surface area contributed by atoms with Gasteiger partial charge in [-0.2, -0.15) is 0 Å². The Labute approximate surface area is 147 Å². The first-order valence-electron chi connectivity index (χ1n) is 8.71. The third-order valence-corrected chi connectivity index (χ3v) is 5.33. The summed E-state index contributed by atoms with van der Waals surface area (Å²) in [5.74, 6) is -2.34. The standard InChI is InChI=1S/C19H24N2O4/c1-5-21-16(22)13-14(17(21)23)19(4,18(24)25-6-2)20-15(13)12-9-7-11(3)8-10-12/h7-10,13-15,20H,5-6H2,1-4H3/t13-,14-,15+,19+/m0/s1. The Hall–Kier alpha value is -2.21. The van der Waals surface area contributed by atoms with Gasteiger partial charge in [-0.3, -0.25) is 24.6 Å². The average molecular weight is 344 g/mol. The molecule has 6 heteroatoms. The first-order valence-corrected chi connectivity index (χ1v) is 8.71. The topological polar surface area (TPSA) is 75.7 Å². The molecule has 2 aliphatic heterocycles. The number of amides is 2. The molecule has 1 aromatic carbocycles. The van der Waals surface area contributed by atoms with E-state index in [4.69, 9.17) is 4.74 Å². The zero-order valence-corrected chi connectivity index (χ0v) is 15.0. The first-order chi connectivity index (χ1) is 11.8. The monoisotopic (exact) mass is 344 g/mol. The lowest BCUT2D eigenvalue weighted by Crippen LogP contribution is -2.54. The van der Waals surface area contributed by atoms with E-state index in [9.17, 15) is 14.4 Å². The minimum absolute atomic E-state index is 0.219. The zero-order valence-electron chi connectivity index (χ0n) is 15.0. The van der Waals surface area contributed by atoms with E-state index in [0.717, 1.165) is 11.1 Å². The molecule has 0 aliphatic carbocycles. The number of hydrogen-bond acceptors (Lipinski definition) is 5. The zero-order chi connectivity index (χ0) is 18.4. The third kappa shape index (κ3) is 2.56. The fraction of sp³-hybridized carbons (Fsp3) is 0.526. The molecule has 0 aromatic heterocycles. The van der Waals surface area contributed by atoms with Gasteiger partial charge in [0.1, 0.15) is 5.54 Å². The number of hydrogen-bond donors (Lipinski definition) is 1. The number of ether oxygens (including phenoxy) is 1. The molecule has 1 aromatic rings. The normalized spacial score (nSPS) is 31.4. The van der Waals surface area contributed by atoms with Gasteiger partial charge in [0.25, 0.3) is 0 Å². The summed E-state index contributed by atoms with van der Waals surface area (Å²) in [6, 6.07) is 7.41. The van der Waals surface area contributed by atoms with Crippen LogP contribution in [0.4, 0.5) is 0 Å². The van der Waals surface area contributed by atoms with Gasteiger partial charge in [0.15, 0.2) is 0 Å². The van der Waals surface area contributed by atoms with Crippen molar-refractivity contribution in [3.8, 4) is 0 Å². The van der Waals surface area contributed by atoms with E-state index in [2.05, 4.69) is 5.32 Å². The van der Waals surface area contributed by atoms with Gasteiger partial charge >= 0.3 is 5.97 Å². The number of likely N-dealkylation sites (tertiary alicyclic amines) is 1. The maximum Gasteiger partial charge on any atom is 0.326 e. The number of fused-ring (bicyclic) bond motifs is 1. The lowest BCUT2D eigenvalue weighted by Gasteiger charge is -2.28. The summed E-state index contributed by atoms with van der Waals surface area (Å²) in [6.45, 7) is 7.69. The van der Waals surface area contributed by atoms with Crippen LogP contribution in [0.15, 0.2) is 24.3 Å². The number of aryl methyl sites for hydroxylation is 1. The molecule has 25 heavy (non-hydrogen) atoms. The molecule has 1 N–H and O–H groups in total. The van der Waals surface area contributed by atoms with Gasteiger partial charge in [0.05, 0.1) is 18.4 Å². The minimum Gasteiger partial charge on any atom is -0.465 e. The van der Waals surface area contributed by atoms with Crippen molar-refractivity contribution in [3.63, 3.8) is 0 Å². The summed E-state index contributed by atoms with van der Waals surface area (Å²) < 4.78 is 5.21. The Kier molecular flexibility index (Phi) is 4.41. The lowest BCUT2D eigenvalue weighted by molar-refractivity contribution is -0.155. The summed E-state index contributed by atoms with van der Waals surface area (Å²) in [6.07, 6.45) is 0. The molecule has 2 amide bonds. The van der Waals surface area contributed by atoms with Gasteiger partial charge in [0, 0.05) is 12.6 Å². The summed E-state index contributed by atoms with van der Waals surface area (Å²) in [7, 11) is 0. The van der Waals surface area contributed by atoms with Crippen LogP contribution in [-0.4, -0.2) is 41.4 Å². The fourth-order valence-corrected chi connectivity index (χ4v) is 4.04. The van der Waals surface area contributed by atoms with Crippen LogP contribution in [0, 0.1) is 18.8 Å². The molecule has 0 saturated carbocycles. The van der Waals surface area contributed by atoms with Crippen LogP contribution < -0.4 is 5.32 Å². The van der Waals surface area contributed by atoms with E-state index in [-0.39, 0.29) is 18.4 Å². The van der Waals surface area contributed by atoms with E-state index in [1.165, 1.54) is 4.90 Å². The van der Waals surface area contributed by atoms with Crippen molar-refractivity contribution in [2.24, 2.45) is 11.8 Å². The van der Waals surface area contributed by atoms with Gasteiger partial charge in [-0.1, -0.05) is 29.8 Å². The Morgan fingerprint density at radius 3 is 2.40 bits per heavy atom. The number of carbonyl (C=O) groups excluding carboxylic acids is 3. The predicted octanol–water partition coefficient (Wildman–Crippen LogP) is 1.58. The molecule has 2 aliphatic rings. The van der Waals surface area contributed by atoms with Crippen LogP contribution in [0.3, 0.4) is 0 Å². The second-order valence-electron chi connectivity index (χ2n) is 6.88. The van der Waals surface area contributed by atoms with Crippen molar-refractivity contribution in [3.05, 3.63) is 35.4 Å². The molecule has 2 fully saturated rings. The molecule has 2 saturated heterocycles. The molecular formula is C19H24N2O4. The number of nitrogens with one attached hydrogen (secondary N) is 1. The van der Waals surface area contributed by atoms with Crippen molar-refractivity contribution >= 4 is 17.8 Å². The smallest absolute Gasteiger partial charge is 0.326 e. The average Bonchev–Trinajstić information content (AvgIpc) is 3.03. The Bertz CT molecular complexity index is 715. The molecule has 6 nitrogen and oxygen atoms in total. The molecule has 2 heterocycles. The first kappa shape index (κ1) is 17.6. The Balaban J connectivity index is 2.07. The number of carbonyl (C=O) groups is 3. The number of nitrogens with zero attached hydrogens (tertiary/aromatic N) is 1. The van der Waals surface area contributed by atoms with Gasteiger partial charge in [0.2, 0.25) is 11.8 Å². The second kappa shape index (κ2) is 6.26. The van der Waals surface area contributed by atoms with E-state index in [1.54, 1.807) is 20.8 Å². The van der Waals surface area contributed by atoms with Crippen molar-refractivity contribution in [2.75, 3.05) is 13.2 Å². The molecular weight excluding hydrogens is 320 g/mol. The lowest BCUT2D eigenvalue weighted by atomic mass is 9.80. The Morgan fingerprint density at radius 2 is 1.84 bits per heavy atom. The number of esters is 1. The molecule has 0 radical (unpaired) electrons. The van der Waals surface area contributed by atoms with Crippen LogP contribution in [-0.2, 0) is 19.1 Å². The maximum atomic E-state index is 12.9. The van der Waals surface area contributed by atoms with Crippen molar-refractivity contribution in [2.45, 2.75) is 39.3 Å². The SMILES string of the molecule is CCOC(=O)[C@]1(C)N[C@H](c2ccc(C)cc2)[C@H]2C(=O)N(CC)C(=O)[C@H]21. The highest BCUT2D eigenvalue weighted by atomic mass is 16.5. The summed E-state index contributed by atoms with van der Waals surface area (Å²) >= 11 is 0. The molecule has 0 spiro atoms. The van der Waals surface area contributed by atoms with E-state index >= 15 is 0 Å². The van der Waals surface area contributed by atoms with Crippen LogP contribution in [0.1, 0.15) is 37.9 Å². The highest BCUT2D eigenvalue weighted by Gasteiger charge is 2.66. The fourth-order valence-electron chi connectivity index (χ4n) is 4.04. The summed E-state index contributed by atoms with van der Waals surface area (Å²) in [5.41, 5.74) is 0.788. The van der Waals surface area contributed by atoms with Crippen LogP contribution in [0.5, 0.6) is 0 Å². The molecule has 3 rings (SSSR count). The highest BCUT2D eigenvalue weighted by molar-refractivity contribution is 6.09. The largest absolute Gasteiger partial charge is 0.465 e. The van der Waals surface area contributed by atoms with E-state index in [1.807, 2.05) is 31.2 Å². The van der Waals surface area contributed by atoms with Crippen LogP contribution in [0.25, 0.3) is 0 Å². The van der Waals surface area contributed by atoms with Gasteiger partial charge in [-0.25, -0.2) is 0 Å². The summed E-state index contributed by atoms with van der Waals surface area (Å²) in [5, 5.41) is 3.25. The molecule has 0 bridgehead atoms. The number of imide groups is 1. The van der Waals surface area contributed by atoms with Gasteiger partial charge in [-0.15, -0.1) is 0 Å². The van der Waals surface area contributed by atoms with Gasteiger partial charge < -0.3 is 4.74 Å². The van der Waals surface area contributed by atoms with Crippen LogP contribution >= 0.6 is 0 Å². The van der Waals surface area contributed by atoms with Crippen molar-refractivity contribution < 1.29 is 19.1 Å². The minimum atomic E-state index is -1.22. The van der Waals surface area contributed by atoms with Crippen molar-refractivity contribution in [1.82, 2.24) is 10.2 Å². The Morgan fingerprint density at radius 1 is 1.20 bits per heavy atom. The quantitative estimate of drug-likeness (QED) is 0.663. The van der Waals surface area contributed by atoms with Crippen LogP contribution in [0.2, 0.25) is 0 Å². The number of benzene rings is 1. The maximum absolute atomic E-state index is 12.9. The predicted molar refractivity (Wildman–Crippen MR) is 91.5 cm³/mol. The molecule has 4 atom stereocenters. The van der Waals surface area contributed by atoms with E-state index < -0.39 is 29.4 Å². The highest BCUT2D eigenvalue weighted by Crippen LogP contribution is 2.48. The van der Waals surface area contributed by atoms with Crippen molar-refractivity contribution in [1.29, 1.82) is 0 Å². The van der Waals surface area contributed by atoms with E-state index in [0.29, 0.717) is 6.54 Å². The second-order valence-corrected chi connectivity index (χ2v) is 6.88. The third-order valence-electron chi connectivity index (χ3n) is 5.33.